The molecule has 1 amide bonds. The molecular weight excluding hydrogens is 532 g/mol. The highest BCUT2D eigenvalue weighted by atomic mass is 19.4. The van der Waals surface area contributed by atoms with Crippen LogP contribution in [-0.2, 0) is 16.1 Å². The Balaban J connectivity index is 1.37. The van der Waals surface area contributed by atoms with Crippen molar-refractivity contribution in [1.82, 2.24) is 29.0 Å². The maximum atomic E-state index is 14.0. The van der Waals surface area contributed by atoms with E-state index in [9.17, 15) is 27.2 Å². The van der Waals surface area contributed by atoms with Crippen LogP contribution in [0.5, 0.6) is 0 Å². The smallest absolute Gasteiger partial charge is 0.408 e. The molecule has 1 aliphatic heterocycles. The Bertz CT molecular complexity index is 1650. The summed E-state index contributed by atoms with van der Waals surface area (Å²) >= 11 is 0. The highest BCUT2D eigenvalue weighted by Gasteiger charge is 2.51. The molecule has 5 heterocycles. The minimum absolute atomic E-state index is 0.0464. The number of amides is 1. The van der Waals surface area contributed by atoms with Crippen molar-refractivity contribution in [3.05, 3.63) is 48.3 Å². The van der Waals surface area contributed by atoms with E-state index >= 15 is 0 Å². The van der Waals surface area contributed by atoms with Gasteiger partial charge in [0, 0.05) is 30.4 Å². The number of fused-ring (bicyclic) bond motifs is 4. The van der Waals surface area contributed by atoms with E-state index in [1.54, 1.807) is 25.7 Å². The first-order chi connectivity index (χ1) is 18.8. The van der Waals surface area contributed by atoms with Crippen LogP contribution in [-0.4, -0.2) is 65.3 Å². The molecule has 1 aliphatic carbocycles. The van der Waals surface area contributed by atoms with Crippen LogP contribution in [0.4, 0.5) is 17.6 Å². The van der Waals surface area contributed by atoms with Gasteiger partial charge in [-0.15, -0.1) is 0 Å². The minimum atomic E-state index is -4.59. The number of piperidine rings is 1. The lowest BCUT2D eigenvalue weighted by atomic mass is 9.97. The van der Waals surface area contributed by atoms with E-state index < -0.39 is 36.0 Å². The molecule has 3 atom stereocenters. The molecule has 3 unspecified atom stereocenters. The average Bonchev–Trinajstić information content (AvgIpc) is 3.63. The quantitative estimate of drug-likeness (QED) is 0.268. The van der Waals surface area contributed by atoms with Crippen molar-refractivity contribution in [3.8, 4) is 11.4 Å². The zero-order valence-corrected chi connectivity index (χ0v) is 21.9. The molecule has 210 valence electrons. The molecule has 0 spiro atoms. The van der Waals surface area contributed by atoms with Crippen LogP contribution in [0.3, 0.4) is 0 Å². The highest BCUT2D eigenvalue weighted by molar-refractivity contribution is 5.99. The summed E-state index contributed by atoms with van der Waals surface area (Å²) < 4.78 is 62.2. The van der Waals surface area contributed by atoms with Crippen molar-refractivity contribution in [3.63, 3.8) is 0 Å². The number of alkyl halides is 3. The second-order valence-electron chi connectivity index (χ2n) is 11.4. The van der Waals surface area contributed by atoms with E-state index in [-0.39, 0.29) is 45.9 Å². The molecule has 2 fully saturated rings. The number of imidazole rings is 1. The molecule has 0 radical (unpaired) electrons. The molecule has 4 aromatic rings. The monoisotopic (exact) mass is 558 g/mol. The van der Waals surface area contributed by atoms with E-state index in [0.717, 1.165) is 4.68 Å². The number of likely N-dealkylation sites (tertiary alicyclic amines) is 1. The maximum Gasteiger partial charge on any atom is 0.408 e. The van der Waals surface area contributed by atoms with Crippen LogP contribution >= 0.6 is 0 Å². The average molecular weight is 559 g/mol. The second kappa shape index (κ2) is 9.00. The number of pyridine rings is 2. The molecule has 2 bridgehead atoms. The summed E-state index contributed by atoms with van der Waals surface area (Å²) in [6.07, 6.45) is 0.545. The normalized spacial score (nSPS) is 21.1. The van der Waals surface area contributed by atoms with Gasteiger partial charge in [0.1, 0.15) is 35.0 Å². The summed E-state index contributed by atoms with van der Waals surface area (Å²) in [6.45, 7) is 4.37. The Hall–Kier alpha value is -4.03. The summed E-state index contributed by atoms with van der Waals surface area (Å²) in [7, 11) is 0. The van der Waals surface area contributed by atoms with Gasteiger partial charge in [0.25, 0.3) is 5.91 Å². The maximum absolute atomic E-state index is 14.0. The topological polar surface area (TPSA) is 94.6 Å². The predicted octanol–water partition coefficient (Wildman–Crippen LogP) is 4.64. The van der Waals surface area contributed by atoms with Gasteiger partial charge in [-0.3, -0.25) is 23.7 Å². The van der Waals surface area contributed by atoms with E-state index in [0.29, 0.717) is 25.0 Å². The number of hydrogen-bond acceptors (Lipinski definition) is 6. The van der Waals surface area contributed by atoms with Gasteiger partial charge in [-0.1, -0.05) is 0 Å². The van der Waals surface area contributed by atoms with Crippen molar-refractivity contribution in [1.29, 1.82) is 0 Å². The van der Waals surface area contributed by atoms with Gasteiger partial charge in [0.2, 0.25) is 0 Å². The van der Waals surface area contributed by atoms with Crippen molar-refractivity contribution in [2.45, 2.75) is 58.0 Å². The lowest BCUT2D eigenvalue weighted by molar-refractivity contribution is -0.162. The van der Waals surface area contributed by atoms with E-state index in [2.05, 4.69) is 15.1 Å². The van der Waals surface area contributed by atoms with Crippen LogP contribution in [0.25, 0.3) is 27.9 Å². The third kappa shape index (κ3) is 4.66. The molecule has 1 saturated heterocycles. The molecule has 0 N–H and O–H groups in total. The Morgan fingerprint density at radius 3 is 2.58 bits per heavy atom. The summed E-state index contributed by atoms with van der Waals surface area (Å²) in [5, 5.41) is 4.44. The van der Waals surface area contributed by atoms with Gasteiger partial charge in [0.15, 0.2) is 0 Å². The number of halogens is 4. The van der Waals surface area contributed by atoms with Crippen LogP contribution in [0, 0.1) is 17.7 Å². The molecule has 1 saturated carbocycles. The van der Waals surface area contributed by atoms with Gasteiger partial charge < -0.3 is 9.64 Å². The van der Waals surface area contributed by atoms with Gasteiger partial charge >= 0.3 is 12.1 Å². The van der Waals surface area contributed by atoms with Crippen LogP contribution in [0.2, 0.25) is 0 Å². The molecule has 13 heteroatoms. The number of carbonyl (C=O) groups excluding carboxylic acids is 2. The zero-order valence-electron chi connectivity index (χ0n) is 21.9. The van der Waals surface area contributed by atoms with Crippen LogP contribution in [0.1, 0.15) is 44.1 Å². The summed E-state index contributed by atoms with van der Waals surface area (Å²) in [4.78, 5) is 36.5. The Labute approximate surface area is 225 Å². The van der Waals surface area contributed by atoms with E-state index in [1.165, 1.54) is 41.2 Å². The van der Waals surface area contributed by atoms with Gasteiger partial charge in [-0.25, -0.2) is 9.37 Å². The number of ether oxygens (including phenoxy) is 1. The lowest BCUT2D eigenvalue weighted by Gasteiger charge is -2.33. The Morgan fingerprint density at radius 1 is 1.10 bits per heavy atom. The summed E-state index contributed by atoms with van der Waals surface area (Å²) in [5.74, 6) is -1.72. The molecule has 40 heavy (non-hydrogen) atoms. The lowest BCUT2D eigenvalue weighted by Crippen LogP contribution is -2.46. The SMILES string of the molecule is CC(C)(C)OC(=O)C1CC2CC1N(C(=O)c1cc3c(cn1)c(-c1cnc4ccc(F)cn14)nn3CC(F)(F)F)C2. The molecular formula is C27H26F4N6O3. The highest BCUT2D eigenvalue weighted by Crippen LogP contribution is 2.43. The van der Waals surface area contributed by atoms with Crippen molar-refractivity contribution in [2.24, 2.45) is 11.8 Å². The predicted molar refractivity (Wildman–Crippen MR) is 135 cm³/mol. The number of aromatic nitrogens is 5. The molecule has 2 aliphatic rings. The van der Waals surface area contributed by atoms with Crippen molar-refractivity contribution >= 4 is 28.4 Å². The number of rotatable bonds is 4. The first-order valence-corrected chi connectivity index (χ1v) is 12.9. The fourth-order valence-corrected chi connectivity index (χ4v) is 5.83. The largest absolute Gasteiger partial charge is 0.460 e. The third-order valence-electron chi connectivity index (χ3n) is 7.35. The van der Waals surface area contributed by atoms with Crippen LogP contribution < -0.4 is 0 Å². The van der Waals surface area contributed by atoms with E-state index in [4.69, 9.17) is 4.74 Å². The fourth-order valence-electron chi connectivity index (χ4n) is 5.83. The molecule has 6 rings (SSSR count). The number of nitrogens with zero attached hydrogens (tertiary/aromatic N) is 6. The van der Waals surface area contributed by atoms with Crippen molar-refractivity contribution in [2.75, 3.05) is 6.54 Å². The van der Waals surface area contributed by atoms with E-state index in [1.807, 2.05) is 0 Å². The Kier molecular flexibility index (Phi) is 5.89. The van der Waals surface area contributed by atoms with Crippen molar-refractivity contribution < 1.29 is 31.9 Å². The first kappa shape index (κ1) is 26.2. The molecule has 4 aromatic heterocycles. The number of esters is 1. The molecule has 9 nitrogen and oxygen atoms in total. The summed E-state index contributed by atoms with van der Waals surface area (Å²) in [6, 6.07) is 3.59. The number of hydrogen-bond donors (Lipinski definition) is 0. The number of carbonyl (C=O) groups is 2. The second-order valence-corrected chi connectivity index (χ2v) is 11.4. The summed E-state index contributed by atoms with van der Waals surface area (Å²) in [5.41, 5.74) is 0.111. The molecule has 0 aromatic carbocycles. The first-order valence-electron chi connectivity index (χ1n) is 12.9. The van der Waals surface area contributed by atoms with Gasteiger partial charge in [-0.2, -0.15) is 18.3 Å². The van der Waals surface area contributed by atoms with Gasteiger partial charge in [0.05, 0.1) is 23.3 Å². The fraction of sp³-hybridized carbons (Fsp3) is 0.444. The minimum Gasteiger partial charge on any atom is -0.460 e. The van der Waals surface area contributed by atoms with Crippen LogP contribution in [0.15, 0.2) is 36.8 Å². The standard InChI is InChI=1S/C27H26F4N6O3/c1-26(2,3)40-25(39)16-6-14-7-19(16)36(11-14)24(38)18-8-20-17(9-32-18)23(34-37(20)13-27(29,30)31)21-10-33-22-5-4-15(28)12-35(21)22/h4-5,8-10,12,14,16,19H,6-7,11,13H2,1-3H3. The Morgan fingerprint density at radius 2 is 1.88 bits per heavy atom. The van der Waals surface area contributed by atoms with Gasteiger partial charge in [-0.05, 0) is 57.7 Å². The zero-order chi connectivity index (χ0) is 28.6. The third-order valence-corrected chi connectivity index (χ3v) is 7.35.